The van der Waals surface area contributed by atoms with Crippen LogP contribution in [0.15, 0.2) is 46.3 Å². The number of thiophene rings is 1. The summed E-state index contributed by atoms with van der Waals surface area (Å²) in [5, 5.41) is 5.96. The second-order valence-corrected chi connectivity index (χ2v) is 6.97. The smallest absolute Gasteiger partial charge is 0.339 e. The zero-order valence-electron chi connectivity index (χ0n) is 13.0. The van der Waals surface area contributed by atoms with Crippen LogP contribution in [-0.4, -0.2) is 28.1 Å². The highest BCUT2D eigenvalue weighted by molar-refractivity contribution is 7.13. The summed E-state index contributed by atoms with van der Waals surface area (Å²) in [7, 11) is 0. The average Bonchev–Trinajstić information content (AvgIpc) is 3.21. The number of hydrogen-bond acceptors (Lipinski definition) is 5. The van der Waals surface area contributed by atoms with Gasteiger partial charge < -0.3 is 4.52 Å². The van der Waals surface area contributed by atoms with Crippen LogP contribution in [0.4, 0.5) is 13.2 Å². The Kier molecular flexibility index (Phi) is 4.09. The summed E-state index contributed by atoms with van der Waals surface area (Å²) in [6, 6.07) is 9.17. The standard InChI is InChI=1S/C17H14F3N3OS/c18-17(19,20)13-5-3-11(4-6-13)8-23-9-12(10-23)16-21-15(22-24-16)14-2-1-7-25-14/h1-7,12H,8-10H2. The van der Waals surface area contributed by atoms with Gasteiger partial charge in [0.1, 0.15) is 0 Å². The molecule has 4 nitrogen and oxygen atoms in total. The van der Waals surface area contributed by atoms with Crippen LogP contribution in [0.2, 0.25) is 0 Å². The maximum atomic E-state index is 12.6. The molecule has 3 aromatic rings. The third-order valence-corrected chi connectivity index (χ3v) is 5.04. The fourth-order valence-corrected chi connectivity index (χ4v) is 3.47. The number of alkyl halides is 3. The second kappa shape index (κ2) is 6.27. The number of likely N-dealkylation sites (tertiary alicyclic amines) is 1. The second-order valence-electron chi connectivity index (χ2n) is 6.02. The van der Waals surface area contributed by atoms with Gasteiger partial charge in [0.2, 0.25) is 11.7 Å². The van der Waals surface area contributed by atoms with Crippen molar-refractivity contribution >= 4 is 11.3 Å². The maximum Gasteiger partial charge on any atom is 0.416 e. The van der Waals surface area contributed by atoms with Gasteiger partial charge in [0.15, 0.2) is 0 Å². The molecule has 0 N–H and O–H groups in total. The molecule has 1 fully saturated rings. The summed E-state index contributed by atoms with van der Waals surface area (Å²) in [5.41, 5.74) is 0.237. The van der Waals surface area contributed by atoms with E-state index >= 15 is 0 Å². The van der Waals surface area contributed by atoms with Crippen LogP contribution in [0.1, 0.15) is 22.9 Å². The molecule has 8 heteroatoms. The molecule has 2 aromatic heterocycles. The number of benzene rings is 1. The van der Waals surface area contributed by atoms with Crippen molar-refractivity contribution in [3.8, 4) is 10.7 Å². The van der Waals surface area contributed by atoms with Crippen molar-refractivity contribution in [2.24, 2.45) is 0 Å². The molecule has 0 unspecified atom stereocenters. The Balaban J connectivity index is 1.33. The van der Waals surface area contributed by atoms with Crippen molar-refractivity contribution in [3.05, 3.63) is 58.8 Å². The van der Waals surface area contributed by atoms with Crippen LogP contribution in [-0.2, 0) is 12.7 Å². The van der Waals surface area contributed by atoms with E-state index < -0.39 is 11.7 Å². The summed E-state index contributed by atoms with van der Waals surface area (Å²) in [6.07, 6.45) is -4.29. The molecular weight excluding hydrogens is 351 g/mol. The molecule has 0 spiro atoms. The average molecular weight is 365 g/mol. The van der Waals surface area contributed by atoms with Crippen molar-refractivity contribution in [2.45, 2.75) is 18.6 Å². The third kappa shape index (κ3) is 3.45. The Morgan fingerprint density at radius 1 is 1.16 bits per heavy atom. The van der Waals surface area contributed by atoms with E-state index in [1.165, 1.54) is 12.1 Å². The van der Waals surface area contributed by atoms with E-state index in [0.717, 1.165) is 35.7 Å². The molecule has 1 aliphatic heterocycles. The van der Waals surface area contributed by atoms with Gasteiger partial charge in [-0.25, -0.2) is 0 Å². The minimum absolute atomic E-state index is 0.177. The summed E-state index contributed by atoms with van der Waals surface area (Å²) >= 11 is 1.56. The highest BCUT2D eigenvalue weighted by atomic mass is 32.1. The van der Waals surface area contributed by atoms with Crippen molar-refractivity contribution in [1.82, 2.24) is 15.0 Å². The lowest BCUT2D eigenvalue weighted by atomic mass is 9.99. The first-order chi connectivity index (χ1) is 12.0. The van der Waals surface area contributed by atoms with Gasteiger partial charge in [0.05, 0.1) is 16.4 Å². The molecule has 25 heavy (non-hydrogen) atoms. The first-order valence-corrected chi connectivity index (χ1v) is 8.63. The molecule has 0 atom stereocenters. The van der Waals surface area contributed by atoms with Crippen LogP contribution in [0.25, 0.3) is 10.7 Å². The van der Waals surface area contributed by atoms with E-state index in [-0.39, 0.29) is 5.92 Å². The fourth-order valence-electron chi connectivity index (χ4n) is 2.82. The van der Waals surface area contributed by atoms with Gasteiger partial charge in [-0.1, -0.05) is 23.4 Å². The minimum Gasteiger partial charge on any atom is -0.339 e. The van der Waals surface area contributed by atoms with Crippen molar-refractivity contribution in [1.29, 1.82) is 0 Å². The van der Waals surface area contributed by atoms with Crippen molar-refractivity contribution in [3.63, 3.8) is 0 Å². The molecule has 0 amide bonds. The lowest BCUT2D eigenvalue weighted by Crippen LogP contribution is -2.44. The quantitative estimate of drug-likeness (QED) is 0.687. The van der Waals surface area contributed by atoms with E-state index in [9.17, 15) is 13.2 Å². The summed E-state index contributed by atoms with van der Waals surface area (Å²) in [6.45, 7) is 2.13. The third-order valence-electron chi connectivity index (χ3n) is 4.18. The molecule has 1 aliphatic rings. The molecule has 0 radical (unpaired) electrons. The molecule has 3 heterocycles. The van der Waals surface area contributed by atoms with Crippen LogP contribution in [0.5, 0.6) is 0 Å². The topological polar surface area (TPSA) is 42.2 Å². The molecule has 0 aliphatic carbocycles. The van der Waals surface area contributed by atoms with Crippen LogP contribution in [0, 0.1) is 0 Å². The Bertz CT molecular complexity index is 837. The number of aromatic nitrogens is 2. The summed E-state index contributed by atoms with van der Waals surface area (Å²) in [4.78, 5) is 7.55. The molecular formula is C17H14F3N3OS. The predicted molar refractivity (Wildman–Crippen MR) is 87.1 cm³/mol. The van der Waals surface area contributed by atoms with Gasteiger partial charge in [-0.3, -0.25) is 4.90 Å². The number of hydrogen-bond donors (Lipinski definition) is 0. The normalized spacial score (nSPS) is 16.1. The van der Waals surface area contributed by atoms with E-state index in [1.807, 2.05) is 17.5 Å². The van der Waals surface area contributed by atoms with Gasteiger partial charge in [-0.05, 0) is 29.1 Å². The predicted octanol–water partition coefficient (Wildman–Crippen LogP) is 4.42. The summed E-state index contributed by atoms with van der Waals surface area (Å²) in [5.74, 6) is 1.40. The van der Waals surface area contributed by atoms with Gasteiger partial charge >= 0.3 is 6.18 Å². The number of halogens is 3. The molecule has 4 rings (SSSR count). The Labute approximate surface area is 145 Å². The van der Waals surface area contributed by atoms with Crippen LogP contribution in [0.3, 0.4) is 0 Å². The SMILES string of the molecule is FC(F)(F)c1ccc(CN2CC(c3nc(-c4cccs4)no3)C2)cc1. The van der Waals surface area contributed by atoms with Gasteiger partial charge in [0.25, 0.3) is 0 Å². The fraction of sp³-hybridized carbons (Fsp3) is 0.294. The number of nitrogens with zero attached hydrogens (tertiary/aromatic N) is 3. The largest absolute Gasteiger partial charge is 0.416 e. The molecule has 1 aromatic carbocycles. The van der Waals surface area contributed by atoms with Gasteiger partial charge in [-0.15, -0.1) is 11.3 Å². The lowest BCUT2D eigenvalue weighted by Gasteiger charge is -2.37. The molecule has 0 bridgehead atoms. The maximum absolute atomic E-state index is 12.6. The molecule has 1 saturated heterocycles. The Morgan fingerprint density at radius 3 is 2.56 bits per heavy atom. The van der Waals surface area contributed by atoms with Crippen molar-refractivity contribution in [2.75, 3.05) is 13.1 Å². The first kappa shape index (κ1) is 16.3. The van der Waals surface area contributed by atoms with Gasteiger partial charge in [-0.2, -0.15) is 18.2 Å². The van der Waals surface area contributed by atoms with E-state index in [1.54, 1.807) is 11.3 Å². The summed E-state index contributed by atoms with van der Waals surface area (Å²) < 4.78 is 43.0. The van der Waals surface area contributed by atoms with E-state index in [4.69, 9.17) is 4.52 Å². The highest BCUT2D eigenvalue weighted by Gasteiger charge is 2.33. The minimum atomic E-state index is -4.29. The first-order valence-electron chi connectivity index (χ1n) is 7.75. The van der Waals surface area contributed by atoms with Crippen LogP contribution < -0.4 is 0 Å². The lowest BCUT2D eigenvalue weighted by molar-refractivity contribution is -0.137. The van der Waals surface area contributed by atoms with E-state index in [0.29, 0.717) is 18.3 Å². The van der Waals surface area contributed by atoms with E-state index in [2.05, 4.69) is 15.0 Å². The number of rotatable bonds is 4. The van der Waals surface area contributed by atoms with Crippen molar-refractivity contribution < 1.29 is 17.7 Å². The zero-order chi connectivity index (χ0) is 17.4. The van der Waals surface area contributed by atoms with Crippen LogP contribution >= 0.6 is 11.3 Å². The Morgan fingerprint density at radius 2 is 1.92 bits per heavy atom. The molecule has 130 valence electrons. The molecule has 0 saturated carbocycles. The Hall–Kier alpha value is -2.19. The highest BCUT2D eigenvalue weighted by Crippen LogP contribution is 2.31. The monoisotopic (exact) mass is 365 g/mol. The zero-order valence-corrected chi connectivity index (χ0v) is 13.8. The van der Waals surface area contributed by atoms with Gasteiger partial charge in [0, 0.05) is 19.6 Å².